The van der Waals surface area contributed by atoms with E-state index in [1.807, 2.05) is 35.9 Å². The molecule has 124 valence electrons. The Morgan fingerprint density at radius 1 is 1.39 bits per heavy atom. The first-order valence-electron chi connectivity index (χ1n) is 7.22. The number of rotatable bonds is 7. The minimum Gasteiger partial charge on any atom is -0.337 e. The highest BCUT2D eigenvalue weighted by Crippen LogP contribution is 2.16. The maximum absolute atomic E-state index is 11.8. The number of urea groups is 1. The molecule has 0 spiro atoms. The number of thiophene rings is 1. The molecule has 0 bridgehead atoms. The van der Waals surface area contributed by atoms with Gasteiger partial charge in [0, 0.05) is 18.0 Å². The van der Waals surface area contributed by atoms with Crippen LogP contribution in [0.3, 0.4) is 0 Å². The Hall–Kier alpha value is -1.87. The highest BCUT2D eigenvalue weighted by Gasteiger charge is 2.12. The summed E-state index contributed by atoms with van der Waals surface area (Å²) in [7, 11) is 0. The van der Waals surface area contributed by atoms with E-state index in [2.05, 4.69) is 20.8 Å². The Morgan fingerprint density at radius 3 is 2.91 bits per heavy atom. The number of hydrogen-bond donors (Lipinski definition) is 2. The van der Waals surface area contributed by atoms with Gasteiger partial charge in [0.25, 0.3) is 0 Å². The highest BCUT2D eigenvalue weighted by atomic mass is 32.2. The summed E-state index contributed by atoms with van der Waals surface area (Å²) >= 11 is 2.91. The normalized spacial score (nSPS) is 10.5. The molecule has 0 aliphatic heterocycles. The average molecular weight is 353 g/mol. The molecule has 2 rings (SSSR count). The molecule has 2 aromatic rings. The summed E-state index contributed by atoms with van der Waals surface area (Å²) in [4.78, 5) is 24.6. The molecule has 2 N–H and O–H groups in total. The maximum atomic E-state index is 11.8. The highest BCUT2D eigenvalue weighted by molar-refractivity contribution is 7.99. The van der Waals surface area contributed by atoms with Gasteiger partial charge >= 0.3 is 6.03 Å². The summed E-state index contributed by atoms with van der Waals surface area (Å²) in [5.41, 5.74) is 0. The lowest BCUT2D eigenvalue weighted by molar-refractivity contribution is -0.117. The van der Waals surface area contributed by atoms with E-state index in [0.717, 1.165) is 18.8 Å². The SMILES string of the molecule is CCn1c(C)nnc1SCC(=O)NC(=O)NCCc1cccs1. The lowest BCUT2D eigenvalue weighted by atomic mass is 10.3. The monoisotopic (exact) mass is 353 g/mol. The number of carbonyl (C=O) groups excluding carboxylic acids is 2. The third kappa shape index (κ3) is 5.36. The second kappa shape index (κ2) is 8.68. The second-order valence-electron chi connectivity index (χ2n) is 4.70. The van der Waals surface area contributed by atoms with Crippen LogP contribution < -0.4 is 10.6 Å². The summed E-state index contributed by atoms with van der Waals surface area (Å²) < 4.78 is 1.92. The van der Waals surface area contributed by atoms with Gasteiger partial charge in [0.05, 0.1) is 5.75 Å². The van der Waals surface area contributed by atoms with E-state index in [-0.39, 0.29) is 11.7 Å². The molecule has 0 aliphatic rings. The van der Waals surface area contributed by atoms with Gasteiger partial charge in [-0.3, -0.25) is 10.1 Å². The van der Waals surface area contributed by atoms with Crippen molar-refractivity contribution in [3.8, 4) is 0 Å². The van der Waals surface area contributed by atoms with E-state index in [9.17, 15) is 9.59 Å². The number of aromatic nitrogens is 3. The fraction of sp³-hybridized carbons (Fsp3) is 0.429. The zero-order valence-electron chi connectivity index (χ0n) is 13.0. The molecule has 7 nitrogen and oxygen atoms in total. The van der Waals surface area contributed by atoms with E-state index >= 15 is 0 Å². The molecular formula is C14H19N5O2S2. The zero-order valence-corrected chi connectivity index (χ0v) is 14.7. The van der Waals surface area contributed by atoms with Crippen LogP contribution in [0.4, 0.5) is 4.79 Å². The third-order valence-corrected chi connectivity index (χ3v) is 4.94. The summed E-state index contributed by atoms with van der Waals surface area (Å²) in [6, 6.07) is 3.51. The molecule has 0 unspecified atom stereocenters. The van der Waals surface area contributed by atoms with Crippen LogP contribution in [-0.2, 0) is 17.8 Å². The Labute approximate surface area is 142 Å². The van der Waals surface area contributed by atoms with Crippen LogP contribution >= 0.6 is 23.1 Å². The van der Waals surface area contributed by atoms with Gasteiger partial charge in [0.2, 0.25) is 5.91 Å². The summed E-state index contributed by atoms with van der Waals surface area (Å²) in [6.45, 7) is 5.09. The Kier molecular flexibility index (Phi) is 6.60. The number of nitrogens with zero attached hydrogens (tertiary/aromatic N) is 3. The summed E-state index contributed by atoms with van der Waals surface area (Å²) in [5, 5.41) is 15.6. The van der Waals surface area contributed by atoms with Crippen molar-refractivity contribution in [2.24, 2.45) is 0 Å². The predicted octanol–water partition coefficient (Wildman–Crippen LogP) is 1.83. The van der Waals surface area contributed by atoms with E-state index in [1.54, 1.807) is 11.3 Å². The van der Waals surface area contributed by atoms with Crippen molar-refractivity contribution in [1.82, 2.24) is 25.4 Å². The molecule has 0 radical (unpaired) electrons. The second-order valence-corrected chi connectivity index (χ2v) is 6.67. The molecule has 0 aromatic carbocycles. The van der Waals surface area contributed by atoms with E-state index < -0.39 is 6.03 Å². The van der Waals surface area contributed by atoms with Gasteiger partial charge in [-0.05, 0) is 31.7 Å². The van der Waals surface area contributed by atoms with Crippen molar-refractivity contribution in [3.63, 3.8) is 0 Å². The van der Waals surface area contributed by atoms with Crippen LogP contribution in [0, 0.1) is 6.92 Å². The van der Waals surface area contributed by atoms with Crippen molar-refractivity contribution < 1.29 is 9.59 Å². The number of imide groups is 1. The minimum absolute atomic E-state index is 0.122. The summed E-state index contributed by atoms with van der Waals surface area (Å²) in [5.74, 6) is 0.574. The van der Waals surface area contributed by atoms with Crippen LogP contribution in [0.5, 0.6) is 0 Å². The molecule has 9 heteroatoms. The predicted molar refractivity (Wildman–Crippen MR) is 90.7 cm³/mol. The van der Waals surface area contributed by atoms with E-state index in [1.165, 1.54) is 16.6 Å². The van der Waals surface area contributed by atoms with E-state index in [0.29, 0.717) is 11.7 Å². The lowest BCUT2D eigenvalue weighted by Crippen LogP contribution is -2.41. The van der Waals surface area contributed by atoms with Crippen molar-refractivity contribution in [2.45, 2.75) is 32.0 Å². The molecule has 23 heavy (non-hydrogen) atoms. The molecule has 3 amide bonds. The molecule has 0 fully saturated rings. The lowest BCUT2D eigenvalue weighted by Gasteiger charge is -2.07. The van der Waals surface area contributed by atoms with Gasteiger partial charge in [-0.15, -0.1) is 21.5 Å². The van der Waals surface area contributed by atoms with Gasteiger partial charge in [0.15, 0.2) is 5.16 Å². The van der Waals surface area contributed by atoms with Gasteiger partial charge in [-0.1, -0.05) is 17.8 Å². The van der Waals surface area contributed by atoms with Crippen LogP contribution in [0.2, 0.25) is 0 Å². The standard InChI is InChI=1S/C14H19N5O2S2/c1-3-19-10(2)17-18-14(19)23-9-12(20)16-13(21)15-7-6-11-5-4-8-22-11/h4-5,8H,3,6-7,9H2,1-2H3,(H2,15,16,20,21). The van der Waals surface area contributed by atoms with Gasteiger partial charge < -0.3 is 9.88 Å². The van der Waals surface area contributed by atoms with Crippen molar-refractivity contribution in [2.75, 3.05) is 12.3 Å². The molecule has 0 saturated carbocycles. The number of hydrogen-bond acceptors (Lipinski definition) is 6. The topological polar surface area (TPSA) is 88.9 Å². The Morgan fingerprint density at radius 2 is 2.22 bits per heavy atom. The van der Waals surface area contributed by atoms with Gasteiger partial charge in [-0.25, -0.2) is 4.79 Å². The first kappa shape index (κ1) is 17.5. The first-order chi connectivity index (χ1) is 11.1. The van der Waals surface area contributed by atoms with Crippen LogP contribution in [0.15, 0.2) is 22.7 Å². The molecule has 0 atom stereocenters. The fourth-order valence-electron chi connectivity index (χ4n) is 1.92. The summed E-state index contributed by atoms with van der Waals surface area (Å²) in [6.07, 6.45) is 0.757. The number of aryl methyl sites for hydroxylation is 1. The first-order valence-corrected chi connectivity index (χ1v) is 9.09. The third-order valence-electron chi connectivity index (χ3n) is 3.04. The maximum Gasteiger partial charge on any atom is 0.321 e. The number of nitrogens with one attached hydrogen (secondary N) is 2. The van der Waals surface area contributed by atoms with Crippen LogP contribution in [0.25, 0.3) is 0 Å². The fourth-order valence-corrected chi connectivity index (χ4v) is 3.48. The van der Waals surface area contributed by atoms with E-state index in [4.69, 9.17) is 0 Å². The molecule has 0 saturated heterocycles. The number of carbonyl (C=O) groups is 2. The molecule has 2 heterocycles. The smallest absolute Gasteiger partial charge is 0.321 e. The van der Waals surface area contributed by atoms with Crippen molar-refractivity contribution >= 4 is 35.0 Å². The quantitative estimate of drug-likeness (QED) is 0.741. The largest absolute Gasteiger partial charge is 0.337 e. The van der Waals surface area contributed by atoms with Gasteiger partial charge in [-0.2, -0.15) is 0 Å². The van der Waals surface area contributed by atoms with Gasteiger partial charge in [0.1, 0.15) is 5.82 Å². The molecule has 2 aromatic heterocycles. The van der Waals surface area contributed by atoms with Crippen molar-refractivity contribution in [1.29, 1.82) is 0 Å². The number of thioether (sulfide) groups is 1. The Bertz CT molecular complexity index is 654. The number of amides is 3. The average Bonchev–Trinajstić information content (AvgIpc) is 3.14. The van der Waals surface area contributed by atoms with Crippen LogP contribution in [0.1, 0.15) is 17.6 Å². The molecular weight excluding hydrogens is 334 g/mol. The Balaban J connectivity index is 1.68. The minimum atomic E-state index is -0.472. The zero-order chi connectivity index (χ0) is 16.7. The van der Waals surface area contributed by atoms with Crippen LogP contribution in [-0.4, -0.2) is 39.0 Å². The molecule has 0 aliphatic carbocycles. The van der Waals surface area contributed by atoms with Crippen molar-refractivity contribution in [3.05, 3.63) is 28.2 Å².